The number of para-hydroxylation sites is 1. The molecular weight excluding hydrogens is 484 g/mol. The summed E-state index contributed by atoms with van der Waals surface area (Å²) in [7, 11) is 0. The monoisotopic (exact) mass is 516 g/mol. The fourth-order valence-electron chi connectivity index (χ4n) is 4.92. The molecule has 198 valence electrons. The Morgan fingerprint density at radius 2 is 1.76 bits per heavy atom. The summed E-state index contributed by atoms with van der Waals surface area (Å²) in [6.45, 7) is 5.75. The number of nitrogens with two attached hydrogens (primary N) is 1. The standard InChI is InChI=1S/C28H32N6O4/c1-2-37-19-13-24(35)33-17-15-32(16-18-33)23-12-14-30-26-25(23)31-34(27(26)28(29)36)20-8-10-22(11-9-20)38-21-6-4-3-5-7-21/h3-11,13,19,23,30H,2,12,14-18H2,1H3,(H2,29,36)/b19-13+. The third kappa shape index (κ3) is 5.35. The molecule has 10 nitrogen and oxygen atoms in total. The molecule has 2 aromatic carbocycles. The lowest BCUT2D eigenvalue weighted by Gasteiger charge is -2.40. The van der Waals surface area contributed by atoms with Gasteiger partial charge in [0.1, 0.15) is 17.2 Å². The zero-order valence-corrected chi connectivity index (χ0v) is 21.4. The molecule has 0 radical (unpaired) electrons. The van der Waals surface area contributed by atoms with Crippen molar-refractivity contribution < 1.29 is 19.1 Å². The molecule has 0 bridgehead atoms. The number of piperazine rings is 1. The summed E-state index contributed by atoms with van der Waals surface area (Å²) in [5.41, 5.74) is 8.36. The van der Waals surface area contributed by atoms with E-state index in [1.54, 1.807) is 4.68 Å². The zero-order chi connectivity index (χ0) is 26.5. The van der Waals surface area contributed by atoms with Crippen LogP contribution in [-0.2, 0) is 9.53 Å². The number of amides is 2. The van der Waals surface area contributed by atoms with Crippen molar-refractivity contribution in [1.29, 1.82) is 0 Å². The van der Waals surface area contributed by atoms with Crippen LogP contribution < -0.4 is 15.8 Å². The Balaban J connectivity index is 1.35. The van der Waals surface area contributed by atoms with Gasteiger partial charge in [0.25, 0.3) is 5.91 Å². The van der Waals surface area contributed by atoms with Crippen molar-refractivity contribution in [1.82, 2.24) is 19.6 Å². The maximum absolute atomic E-state index is 12.6. The maximum atomic E-state index is 12.6. The van der Waals surface area contributed by atoms with E-state index in [2.05, 4.69) is 10.2 Å². The molecule has 0 aliphatic carbocycles. The fraction of sp³-hybridized carbons (Fsp3) is 0.321. The smallest absolute Gasteiger partial charge is 0.269 e. The second-order valence-electron chi connectivity index (χ2n) is 9.14. The maximum Gasteiger partial charge on any atom is 0.269 e. The number of rotatable bonds is 8. The minimum atomic E-state index is -0.548. The number of nitrogens with zero attached hydrogens (tertiary/aromatic N) is 4. The van der Waals surface area contributed by atoms with Gasteiger partial charge in [-0.15, -0.1) is 0 Å². The van der Waals surface area contributed by atoms with Gasteiger partial charge in [-0.3, -0.25) is 14.5 Å². The summed E-state index contributed by atoms with van der Waals surface area (Å²) in [5, 5.41) is 8.23. The summed E-state index contributed by atoms with van der Waals surface area (Å²) in [6.07, 6.45) is 3.76. The van der Waals surface area contributed by atoms with Crippen LogP contribution in [0.5, 0.6) is 11.5 Å². The van der Waals surface area contributed by atoms with E-state index in [9.17, 15) is 9.59 Å². The van der Waals surface area contributed by atoms with Crippen molar-refractivity contribution >= 4 is 17.5 Å². The molecule has 1 unspecified atom stereocenters. The zero-order valence-electron chi connectivity index (χ0n) is 21.4. The van der Waals surface area contributed by atoms with Crippen LogP contribution in [0.2, 0.25) is 0 Å². The first-order chi connectivity index (χ1) is 18.5. The number of hydrogen-bond acceptors (Lipinski definition) is 7. The molecule has 10 heteroatoms. The van der Waals surface area contributed by atoms with Crippen molar-refractivity contribution in [2.45, 2.75) is 19.4 Å². The SMILES string of the molecule is CCO/C=C/C(=O)N1CCN(C2CCNc3c2nn(-c2ccc(Oc4ccccc4)cc2)c3C(N)=O)CC1. The molecule has 1 atom stereocenters. The summed E-state index contributed by atoms with van der Waals surface area (Å²) in [6, 6.07) is 17.0. The Kier molecular flexibility index (Phi) is 7.60. The third-order valence-electron chi connectivity index (χ3n) is 6.78. The first kappa shape index (κ1) is 25.3. The summed E-state index contributed by atoms with van der Waals surface area (Å²) >= 11 is 0. The summed E-state index contributed by atoms with van der Waals surface area (Å²) in [4.78, 5) is 29.1. The fourth-order valence-corrected chi connectivity index (χ4v) is 4.92. The van der Waals surface area contributed by atoms with Gasteiger partial charge in [0, 0.05) is 38.8 Å². The number of nitrogens with one attached hydrogen (secondary N) is 1. The Morgan fingerprint density at radius 3 is 2.45 bits per heavy atom. The van der Waals surface area contributed by atoms with Crippen LogP contribution in [0.1, 0.15) is 35.6 Å². The lowest BCUT2D eigenvalue weighted by molar-refractivity contribution is -0.128. The van der Waals surface area contributed by atoms with Crippen LogP contribution in [0.15, 0.2) is 66.9 Å². The van der Waals surface area contributed by atoms with Crippen molar-refractivity contribution in [3.05, 3.63) is 78.3 Å². The Labute approximate surface area is 221 Å². The number of hydrogen-bond donors (Lipinski definition) is 2. The average molecular weight is 517 g/mol. The number of ether oxygens (including phenoxy) is 2. The Morgan fingerprint density at radius 1 is 1.05 bits per heavy atom. The number of fused-ring (bicyclic) bond motifs is 1. The van der Waals surface area contributed by atoms with Gasteiger partial charge >= 0.3 is 0 Å². The molecule has 3 heterocycles. The van der Waals surface area contributed by atoms with E-state index in [1.165, 1.54) is 12.3 Å². The van der Waals surface area contributed by atoms with Gasteiger partial charge in [0.15, 0.2) is 5.69 Å². The van der Waals surface area contributed by atoms with E-state index in [0.717, 1.165) is 17.9 Å². The van der Waals surface area contributed by atoms with Crippen LogP contribution in [0.25, 0.3) is 5.69 Å². The van der Waals surface area contributed by atoms with Crippen LogP contribution in [0.4, 0.5) is 5.69 Å². The first-order valence-corrected chi connectivity index (χ1v) is 12.9. The molecule has 1 aromatic heterocycles. The van der Waals surface area contributed by atoms with Gasteiger partial charge in [-0.05, 0) is 49.7 Å². The first-order valence-electron chi connectivity index (χ1n) is 12.9. The Hall–Kier alpha value is -4.31. The van der Waals surface area contributed by atoms with Crippen LogP contribution >= 0.6 is 0 Å². The van der Waals surface area contributed by atoms with Crippen LogP contribution in [0, 0.1) is 0 Å². The van der Waals surface area contributed by atoms with E-state index in [0.29, 0.717) is 62.1 Å². The normalized spacial score (nSPS) is 17.6. The molecule has 1 fully saturated rings. The predicted octanol–water partition coefficient (Wildman–Crippen LogP) is 3.31. The molecule has 3 N–H and O–H groups in total. The number of benzene rings is 2. The molecule has 38 heavy (non-hydrogen) atoms. The quantitative estimate of drug-likeness (QED) is 0.349. The number of anilines is 1. The molecule has 0 spiro atoms. The van der Waals surface area contributed by atoms with E-state index < -0.39 is 5.91 Å². The highest BCUT2D eigenvalue weighted by atomic mass is 16.5. The predicted molar refractivity (Wildman–Crippen MR) is 143 cm³/mol. The number of primary amides is 1. The average Bonchev–Trinajstić information content (AvgIpc) is 3.34. The van der Waals surface area contributed by atoms with Crippen molar-refractivity contribution in [3.8, 4) is 17.2 Å². The summed E-state index contributed by atoms with van der Waals surface area (Å²) < 4.78 is 12.7. The number of aromatic nitrogens is 2. The molecule has 2 aliphatic rings. The molecule has 2 amide bonds. The largest absolute Gasteiger partial charge is 0.501 e. The molecule has 0 saturated carbocycles. The van der Waals surface area contributed by atoms with Gasteiger partial charge in [-0.25, -0.2) is 4.68 Å². The molecular formula is C28H32N6O4. The second-order valence-corrected chi connectivity index (χ2v) is 9.14. The van der Waals surface area contributed by atoms with Gasteiger partial charge in [-0.2, -0.15) is 5.10 Å². The number of carbonyl (C=O) groups is 2. The lowest BCUT2D eigenvalue weighted by Crippen LogP contribution is -2.50. The highest BCUT2D eigenvalue weighted by Gasteiger charge is 2.35. The van der Waals surface area contributed by atoms with E-state index >= 15 is 0 Å². The van der Waals surface area contributed by atoms with Gasteiger partial charge < -0.3 is 25.4 Å². The Bertz CT molecular complexity index is 1300. The number of carbonyl (C=O) groups excluding carboxylic acids is 2. The van der Waals surface area contributed by atoms with Gasteiger partial charge in [0.05, 0.1) is 30.3 Å². The van der Waals surface area contributed by atoms with Crippen molar-refractivity contribution in [2.75, 3.05) is 44.6 Å². The van der Waals surface area contributed by atoms with Gasteiger partial charge in [0.2, 0.25) is 5.91 Å². The van der Waals surface area contributed by atoms with E-state index in [-0.39, 0.29) is 11.9 Å². The topological polar surface area (TPSA) is 115 Å². The molecule has 5 rings (SSSR count). The van der Waals surface area contributed by atoms with Crippen LogP contribution in [0.3, 0.4) is 0 Å². The molecule has 3 aromatic rings. The van der Waals surface area contributed by atoms with Crippen molar-refractivity contribution in [2.24, 2.45) is 5.73 Å². The lowest BCUT2D eigenvalue weighted by atomic mass is 10.0. The summed E-state index contributed by atoms with van der Waals surface area (Å²) in [5.74, 6) is 0.820. The van der Waals surface area contributed by atoms with Crippen molar-refractivity contribution in [3.63, 3.8) is 0 Å². The van der Waals surface area contributed by atoms with E-state index in [4.69, 9.17) is 20.3 Å². The van der Waals surface area contributed by atoms with Gasteiger partial charge in [-0.1, -0.05) is 18.2 Å². The minimum absolute atomic E-state index is 0.0162. The highest BCUT2D eigenvalue weighted by molar-refractivity contribution is 5.98. The third-order valence-corrected chi connectivity index (χ3v) is 6.78. The molecule has 1 saturated heterocycles. The van der Waals surface area contributed by atoms with Crippen LogP contribution in [-0.4, -0.2) is 70.7 Å². The van der Waals surface area contributed by atoms with E-state index in [1.807, 2.05) is 66.4 Å². The highest BCUT2D eigenvalue weighted by Crippen LogP contribution is 2.37. The minimum Gasteiger partial charge on any atom is -0.501 e. The molecule has 2 aliphatic heterocycles. The second kappa shape index (κ2) is 11.4.